The molecule has 0 aromatic rings. The molecule has 0 N–H and O–H groups in total. The molecule has 0 unspecified atom stereocenters. The summed E-state index contributed by atoms with van der Waals surface area (Å²) in [5.74, 6) is 3.04. The number of rotatable bonds is 8. The Morgan fingerprint density at radius 1 is 1.11 bits per heavy atom. The van der Waals surface area contributed by atoms with Crippen LogP contribution in [0.3, 0.4) is 0 Å². The Balaban J connectivity index is 3.38. The average molecular weight is 280 g/mol. The Morgan fingerprint density at radius 3 is 2.37 bits per heavy atom. The Bertz CT molecular complexity index is 329. The molecule has 0 spiro atoms. The molecule has 0 amide bonds. The second-order valence-corrected chi connectivity index (χ2v) is 10.6. The Morgan fingerprint density at radius 2 is 1.74 bits per heavy atom. The van der Waals surface area contributed by atoms with E-state index in [9.17, 15) is 4.79 Å². The van der Waals surface area contributed by atoms with Crippen molar-refractivity contribution in [2.75, 3.05) is 7.11 Å². The van der Waals surface area contributed by atoms with Gasteiger partial charge in [0.1, 0.15) is 8.07 Å². The van der Waals surface area contributed by atoms with E-state index in [2.05, 4.69) is 41.9 Å². The van der Waals surface area contributed by atoms with Gasteiger partial charge in [-0.3, -0.25) is 4.79 Å². The van der Waals surface area contributed by atoms with Crippen molar-refractivity contribution in [2.24, 2.45) is 0 Å². The summed E-state index contributed by atoms with van der Waals surface area (Å²) >= 11 is 0. The smallest absolute Gasteiger partial charge is 0.305 e. The van der Waals surface area contributed by atoms with Gasteiger partial charge in [-0.2, -0.15) is 0 Å². The summed E-state index contributed by atoms with van der Waals surface area (Å²) in [4.78, 5) is 10.9. The second-order valence-electron chi connectivity index (χ2n) is 5.80. The van der Waals surface area contributed by atoms with E-state index in [0.29, 0.717) is 6.42 Å². The van der Waals surface area contributed by atoms with E-state index in [-0.39, 0.29) is 5.97 Å². The first-order chi connectivity index (χ1) is 8.95. The van der Waals surface area contributed by atoms with Crippen molar-refractivity contribution in [3.8, 4) is 11.5 Å². The van der Waals surface area contributed by atoms with Crippen molar-refractivity contribution < 1.29 is 9.53 Å². The van der Waals surface area contributed by atoms with Crippen molar-refractivity contribution >= 4 is 14.0 Å². The quantitative estimate of drug-likeness (QED) is 0.286. The van der Waals surface area contributed by atoms with Crippen LogP contribution in [-0.4, -0.2) is 21.2 Å². The molecule has 3 heteroatoms. The Labute approximate surface area is 119 Å². The molecule has 0 aliphatic rings. The lowest BCUT2D eigenvalue weighted by Gasteiger charge is -2.02. The summed E-state index contributed by atoms with van der Waals surface area (Å²) in [6.07, 6.45) is 11.5. The molecule has 0 heterocycles. The summed E-state index contributed by atoms with van der Waals surface area (Å²) in [6, 6.07) is 0. The zero-order chi connectivity index (χ0) is 14.6. The largest absolute Gasteiger partial charge is 0.469 e. The zero-order valence-corrected chi connectivity index (χ0v) is 13.9. The number of hydrogen-bond acceptors (Lipinski definition) is 2. The molecule has 0 aliphatic heterocycles. The van der Waals surface area contributed by atoms with Crippen LogP contribution < -0.4 is 0 Å². The minimum absolute atomic E-state index is 0.0936. The zero-order valence-electron chi connectivity index (χ0n) is 12.9. The maximum atomic E-state index is 10.9. The monoisotopic (exact) mass is 280 g/mol. The topological polar surface area (TPSA) is 26.3 Å². The van der Waals surface area contributed by atoms with Crippen molar-refractivity contribution in [3.63, 3.8) is 0 Å². The molecule has 0 saturated carbocycles. The highest BCUT2D eigenvalue weighted by Gasteiger charge is 2.06. The molecule has 19 heavy (non-hydrogen) atoms. The summed E-state index contributed by atoms with van der Waals surface area (Å²) < 4.78 is 4.60. The third kappa shape index (κ3) is 14.9. The van der Waals surface area contributed by atoms with Gasteiger partial charge in [0.05, 0.1) is 7.11 Å². The molecule has 0 aromatic carbocycles. The van der Waals surface area contributed by atoms with E-state index in [1.165, 1.54) is 26.4 Å². The summed E-state index contributed by atoms with van der Waals surface area (Å²) in [6.45, 7) is 6.76. The highest BCUT2D eigenvalue weighted by atomic mass is 28.3. The molecular weight excluding hydrogens is 252 g/mol. The number of carbonyl (C=O) groups excluding carboxylic acids is 1. The van der Waals surface area contributed by atoms with E-state index in [1.807, 2.05) is 6.08 Å². The van der Waals surface area contributed by atoms with Gasteiger partial charge in [-0.05, 0) is 25.3 Å². The van der Waals surface area contributed by atoms with Gasteiger partial charge in [0, 0.05) is 6.42 Å². The highest BCUT2D eigenvalue weighted by Crippen LogP contribution is 2.08. The van der Waals surface area contributed by atoms with Gasteiger partial charge >= 0.3 is 5.97 Å². The van der Waals surface area contributed by atoms with E-state index in [4.69, 9.17) is 0 Å². The number of ether oxygens (including phenoxy) is 1. The van der Waals surface area contributed by atoms with Crippen LogP contribution in [0, 0.1) is 11.5 Å². The average Bonchev–Trinajstić information content (AvgIpc) is 2.34. The predicted octanol–water partition coefficient (Wildman–Crippen LogP) is 4.33. The molecule has 0 aromatic heterocycles. The minimum Gasteiger partial charge on any atom is -0.469 e. The fraction of sp³-hybridized carbons (Fsp3) is 0.688. The maximum Gasteiger partial charge on any atom is 0.305 e. The van der Waals surface area contributed by atoms with Crippen LogP contribution in [0.5, 0.6) is 0 Å². The summed E-state index contributed by atoms with van der Waals surface area (Å²) in [5.41, 5.74) is 3.32. The molecule has 0 bridgehead atoms. The molecule has 0 aliphatic carbocycles. The number of esters is 1. The molecule has 0 saturated heterocycles. The van der Waals surface area contributed by atoms with Crippen LogP contribution in [0.1, 0.15) is 44.9 Å². The van der Waals surface area contributed by atoms with Crippen molar-refractivity contribution in [1.29, 1.82) is 0 Å². The fourth-order valence-corrected chi connectivity index (χ4v) is 2.08. The van der Waals surface area contributed by atoms with E-state index < -0.39 is 8.07 Å². The van der Waals surface area contributed by atoms with Crippen LogP contribution in [0.4, 0.5) is 0 Å². The molecule has 0 radical (unpaired) electrons. The molecule has 0 fully saturated rings. The van der Waals surface area contributed by atoms with Gasteiger partial charge < -0.3 is 4.74 Å². The van der Waals surface area contributed by atoms with Crippen LogP contribution in [-0.2, 0) is 9.53 Å². The molecule has 0 rings (SSSR count). The van der Waals surface area contributed by atoms with Crippen LogP contribution in [0.25, 0.3) is 0 Å². The normalized spacial score (nSPS) is 11.2. The van der Waals surface area contributed by atoms with Crippen molar-refractivity contribution in [3.05, 3.63) is 12.2 Å². The van der Waals surface area contributed by atoms with Gasteiger partial charge in [0.2, 0.25) is 0 Å². The first-order valence-electron chi connectivity index (χ1n) is 7.20. The number of methoxy groups -OCH3 is 1. The first-order valence-corrected chi connectivity index (χ1v) is 10.7. The van der Waals surface area contributed by atoms with Crippen molar-refractivity contribution in [1.82, 2.24) is 0 Å². The predicted molar refractivity (Wildman–Crippen MR) is 84.6 cm³/mol. The Kier molecular flexibility index (Phi) is 10.3. The van der Waals surface area contributed by atoms with E-state index in [1.54, 1.807) is 0 Å². The van der Waals surface area contributed by atoms with Gasteiger partial charge in [-0.15, -0.1) is 5.54 Å². The number of unbranched alkanes of at least 4 members (excludes halogenated alkanes) is 5. The first kappa shape index (κ1) is 18.0. The summed E-state index contributed by atoms with van der Waals surface area (Å²) in [7, 11) is 0.234. The van der Waals surface area contributed by atoms with E-state index in [0.717, 1.165) is 19.3 Å². The number of carbonyl (C=O) groups is 1. The van der Waals surface area contributed by atoms with Crippen LogP contribution >= 0.6 is 0 Å². The lowest BCUT2D eigenvalue weighted by molar-refractivity contribution is -0.140. The lowest BCUT2D eigenvalue weighted by atomic mass is 10.1. The third-order valence-corrected chi connectivity index (χ3v) is 3.52. The second kappa shape index (κ2) is 10.9. The standard InChI is InChI=1S/C16H28O2Si/c1-18-16(17)14-12-10-8-6-5-7-9-11-13-15-19(2,3)4/h9,11H,5-8,10,12,14H2,1-4H3. The van der Waals surface area contributed by atoms with E-state index >= 15 is 0 Å². The van der Waals surface area contributed by atoms with Gasteiger partial charge in [0.15, 0.2) is 0 Å². The third-order valence-electron chi connectivity index (χ3n) is 2.63. The van der Waals surface area contributed by atoms with Gasteiger partial charge in [0.25, 0.3) is 0 Å². The minimum atomic E-state index is -1.21. The van der Waals surface area contributed by atoms with Crippen LogP contribution in [0.15, 0.2) is 12.2 Å². The molecular formula is C16H28O2Si. The van der Waals surface area contributed by atoms with Gasteiger partial charge in [-0.25, -0.2) is 0 Å². The number of hydrogen-bond donors (Lipinski definition) is 0. The summed E-state index contributed by atoms with van der Waals surface area (Å²) in [5, 5.41) is 0. The maximum absolute atomic E-state index is 10.9. The SMILES string of the molecule is COC(=O)CCCCCCCC=CC#C[Si](C)(C)C. The van der Waals surface area contributed by atoms with Crippen LogP contribution in [0.2, 0.25) is 19.6 Å². The van der Waals surface area contributed by atoms with Crippen molar-refractivity contribution in [2.45, 2.75) is 64.6 Å². The molecule has 108 valence electrons. The molecule has 0 atom stereocenters. The molecule has 2 nitrogen and oxygen atoms in total. The number of allylic oxidation sites excluding steroid dienone is 2. The fourth-order valence-electron chi connectivity index (χ4n) is 1.56. The Hall–Kier alpha value is -1.01. The van der Waals surface area contributed by atoms with Gasteiger partial charge in [-0.1, -0.05) is 50.9 Å². The lowest BCUT2D eigenvalue weighted by Crippen LogP contribution is -2.16. The highest BCUT2D eigenvalue weighted by molar-refractivity contribution is 6.83.